The molecule has 2 aromatic heterocycles. The Morgan fingerprint density at radius 3 is 1.90 bits per heavy atom. The molecule has 1 aliphatic heterocycles. The number of nitrogens with one attached hydrogen (secondary N) is 2. The van der Waals surface area contributed by atoms with Crippen LogP contribution >= 0.6 is 0 Å². The van der Waals surface area contributed by atoms with E-state index < -0.39 is 0 Å². The lowest BCUT2D eigenvalue weighted by Crippen LogP contribution is -2.25. The van der Waals surface area contributed by atoms with Crippen LogP contribution < -0.4 is 4.74 Å². The molecule has 1 fully saturated rings. The average molecular weight is 405 g/mol. The molecule has 0 atom stereocenters. The van der Waals surface area contributed by atoms with Gasteiger partial charge in [0.1, 0.15) is 18.2 Å². The largest absolute Gasteiger partial charge is 0.488 e. The van der Waals surface area contributed by atoms with E-state index in [9.17, 15) is 8.78 Å². The van der Waals surface area contributed by atoms with Gasteiger partial charge in [0.15, 0.2) is 5.75 Å². The Kier molecular flexibility index (Phi) is 3.96. The topological polar surface area (TPSA) is 44.0 Å². The second kappa shape index (κ2) is 6.71. The van der Waals surface area contributed by atoms with Gasteiger partial charge in [-0.2, -0.15) is 0 Å². The van der Waals surface area contributed by atoms with Crippen molar-refractivity contribution in [2.24, 2.45) is 0 Å². The lowest BCUT2D eigenvalue weighted by atomic mass is 10.1. The third kappa shape index (κ3) is 2.75. The van der Waals surface area contributed by atoms with Crippen molar-refractivity contribution in [3.8, 4) is 5.75 Å². The molecule has 6 heteroatoms. The van der Waals surface area contributed by atoms with Crippen molar-refractivity contribution in [1.82, 2.24) is 14.9 Å². The molecule has 0 bridgehead atoms. The maximum Gasteiger partial charge on any atom is 0.167 e. The van der Waals surface area contributed by atoms with Crippen LogP contribution in [0.25, 0.3) is 43.6 Å². The van der Waals surface area contributed by atoms with E-state index in [1.807, 2.05) is 6.07 Å². The molecule has 30 heavy (non-hydrogen) atoms. The molecule has 4 nitrogen and oxygen atoms in total. The van der Waals surface area contributed by atoms with Crippen molar-refractivity contribution < 1.29 is 13.5 Å². The van der Waals surface area contributed by atoms with Crippen molar-refractivity contribution in [2.75, 3.05) is 26.2 Å². The van der Waals surface area contributed by atoms with Crippen molar-refractivity contribution >= 4 is 43.6 Å². The first-order valence-electron chi connectivity index (χ1n) is 10.4. The summed E-state index contributed by atoms with van der Waals surface area (Å²) in [5, 5.41) is 3.33. The molecule has 0 aliphatic carbocycles. The van der Waals surface area contributed by atoms with E-state index in [-0.39, 0.29) is 11.6 Å². The Balaban J connectivity index is 1.58. The summed E-state index contributed by atoms with van der Waals surface area (Å²) in [6.07, 6.45) is 2.47. The molecule has 6 rings (SSSR count). The van der Waals surface area contributed by atoms with Crippen LogP contribution in [0.3, 0.4) is 0 Å². The second-order valence-electron chi connectivity index (χ2n) is 8.08. The Hall–Kier alpha value is -3.12. The number of rotatable bonds is 4. The van der Waals surface area contributed by atoms with Crippen molar-refractivity contribution in [3.63, 3.8) is 0 Å². The minimum Gasteiger partial charge on any atom is -0.488 e. The molecule has 1 saturated heterocycles. The number of benzene rings is 3. The number of likely N-dealkylation sites (tertiary alicyclic amines) is 1. The maximum absolute atomic E-state index is 14.0. The van der Waals surface area contributed by atoms with Gasteiger partial charge in [-0.25, -0.2) is 8.78 Å². The molecule has 0 radical (unpaired) electrons. The molecule has 0 amide bonds. The van der Waals surface area contributed by atoms with Gasteiger partial charge in [0.25, 0.3) is 0 Å². The lowest BCUT2D eigenvalue weighted by molar-refractivity contribution is 0.241. The summed E-state index contributed by atoms with van der Waals surface area (Å²) in [7, 11) is 0. The van der Waals surface area contributed by atoms with E-state index in [0.29, 0.717) is 12.4 Å². The Labute approximate surface area is 171 Å². The van der Waals surface area contributed by atoms with E-state index in [1.54, 1.807) is 12.1 Å². The average Bonchev–Trinajstić information content (AvgIpc) is 3.45. The highest BCUT2D eigenvalue weighted by atomic mass is 19.1. The number of nitrogens with zero attached hydrogens (tertiary/aromatic N) is 1. The summed E-state index contributed by atoms with van der Waals surface area (Å²) in [6.45, 7) is 3.64. The number of aromatic amines is 2. The van der Waals surface area contributed by atoms with Crippen molar-refractivity contribution in [3.05, 3.63) is 54.1 Å². The number of hydrogen-bond donors (Lipinski definition) is 2. The molecule has 0 unspecified atom stereocenters. The van der Waals surface area contributed by atoms with Gasteiger partial charge in [0.05, 0.1) is 11.0 Å². The number of ether oxygens (including phenoxy) is 1. The van der Waals surface area contributed by atoms with Gasteiger partial charge in [-0.05, 0) is 68.4 Å². The van der Waals surface area contributed by atoms with Gasteiger partial charge in [0, 0.05) is 39.1 Å². The third-order valence-electron chi connectivity index (χ3n) is 6.20. The number of aromatic nitrogens is 2. The van der Waals surface area contributed by atoms with E-state index in [0.717, 1.165) is 63.2 Å². The Bertz CT molecular complexity index is 1320. The highest BCUT2D eigenvalue weighted by molar-refractivity contribution is 6.20. The predicted octanol–water partition coefficient (Wildman–Crippen LogP) is 5.71. The molecule has 152 valence electrons. The number of hydrogen-bond acceptors (Lipinski definition) is 2. The van der Waals surface area contributed by atoms with Gasteiger partial charge in [0.2, 0.25) is 0 Å². The van der Waals surface area contributed by atoms with Crippen LogP contribution in [0.1, 0.15) is 12.8 Å². The molecular weight excluding hydrogens is 384 g/mol. The number of fused-ring (bicyclic) bond motifs is 6. The first-order chi connectivity index (χ1) is 14.7. The fourth-order valence-corrected chi connectivity index (χ4v) is 4.72. The normalized spacial score (nSPS) is 15.3. The van der Waals surface area contributed by atoms with Gasteiger partial charge in [-0.3, -0.25) is 4.90 Å². The smallest absolute Gasteiger partial charge is 0.167 e. The molecule has 2 N–H and O–H groups in total. The maximum atomic E-state index is 14.0. The van der Waals surface area contributed by atoms with E-state index in [1.165, 1.54) is 37.1 Å². The summed E-state index contributed by atoms with van der Waals surface area (Å²) in [4.78, 5) is 9.20. The van der Waals surface area contributed by atoms with E-state index >= 15 is 0 Å². The fourth-order valence-electron chi connectivity index (χ4n) is 4.72. The monoisotopic (exact) mass is 405 g/mol. The van der Waals surface area contributed by atoms with Crippen molar-refractivity contribution in [2.45, 2.75) is 12.8 Å². The first kappa shape index (κ1) is 17.7. The number of halogens is 2. The van der Waals surface area contributed by atoms with Gasteiger partial charge < -0.3 is 14.7 Å². The molecule has 0 saturated carbocycles. The molecule has 3 aromatic carbocycles. The standard InChI is InChI=1S/C24H21F2N3O/c25-14-3-5-20-16(11-14)18-13-19-17-12-15(26)4-6-21(17)28-23(19)24(22(18)27-20)30-10-9-29-7-1-2-8-29/h3-6,11-13,27-28H,1-2,7-10H2. The predicted molar refractivity (Wildman–Crippen MR) is 116 cm³/mol. The van der Waals surface area contributed by atoms with Crippen LogP contribution in [0.15, 0.2) is 42.5 Å². The highest BCUT2D eigenvalue weighted by Crippen LogP contribution is 2.41. The van der Waals surface area contributed by atoms with Crippen LogP contribution in [0.4, 0.5) is 8.78 Å². The first-order valence-corrected chi connectivity index (χ1v) is 10.4. The minimum atomic E-state index is -0.287. The molecule has 0 spiro atoms. The van der Waals surface area contributed by atoms with Crippen LogP contribution in [0.5, 0.6) is 5.75 Å². The van der Waals surface area contributed by atoms with Gasteiger partial charge >= 0.3 is 0 Å². The second-order valence-corrected chi connectivity index (χ2v) is 8.08. The summed E-state index contributed by atoms with van der Waals surface area (Å²) in [5.41, 5.74) is 3.35. The zero-order valence-electron chi connectivity index (χ0n) is 16.4. The highest BCUT2D eigenvalue weighted by Gasteiger charge is 2.19. The van der Waals surface area contributed by atoms with E-state index in [4.69, 9.17) is 4.74 Å². The molecule has 5 aromatic rings. The quantitative estimate of drug-likeness (QED) is 0.402. The Morgan fingerprint density at radius 2 is 1.33 bits per heavy atom. The lowest BCUT2D eigenvalue weighted by Gasteiger charge is -2.15. The number of H-pyrrole nitrogens is 2. The third-order valence-corrected chi connectivity index (χ3v) is 6.20. The SMILES string of the molecule is Fc1ccc2[nH]c3c(OCCN4CCCC4)c4[nH]c5ccc(F)cc5c4cc3c2c1. The van der Waals surface area contributed by atoms with Crippen LogP contribution in [-0.4, -0.2) is 41.1 Å². The Morgan fingerprint density at radius 1 is 0.767 bits per heavy atom. The summed E-state index contributed by atoms with van der Waals surface area (Å²) >= 11 is 0. The summed E-state index contributed by atoms with van der Waals surface area (Å²) in [6, 6.07) is 11.4. The molecular formula is C24H21F2N3O. The van der Waals surface area contributed by atoms with Crippen LogP contribution in [0, 0.1) is 11.6 Å². The van der Waals surface area contributed by atoms with Crippen LogP contribution in [-0.2, 0) is 0 Å². The molecule has 3 heterocycles. The summed E-state index contributed by atoms with van der Waals surface area (Å²) in [5.74, 6) is 0.129. The summed E-state index contributed by atoms with van der Waals surface area (Å²) < 4.78 is 34.3. The van der Waals surface area contributed by atoms with Gasteiger partial charge in [-0.15, -0.1) is 0 Å². The van der Waals surface area contributed by atoms with Crippen molar-refractivity contribution in [1.29, 1.82) is 0 Å². The fraction of sp³-hybridized carbons (Fsp3) is 0.250. The van der Waals surface area contributed by atoms with E-state index in [2.05, 4.69) is 14.9 Å². The van der Waals surface area contributed by atoms with Crippen LogP contribution in [0.2, 0.25) is 0 Å². The minimum absolute atomic E-state index is 0.287. The zero-order chi connectivity index (χ0) is 20.2. The van der Waals surface area contributed by atoms with Gasteiger partial charge in [-0.1, -0.05) is 0 Å². The molecule has 1 aliphatic rings. The zero-order valence-corrected chi connectivity index (χ0v) is 16.4.